The molecule has 1 atom stereocenters. The van der Waals surface area contributed by atoms with E-state index in [2.05, 4.69) is 5.32 Å². The number of benzene rings is 2. The molecular weight excluding hydrogens is 307 g/mol. The number of carbonyl (C=O) groups is 2. The van der Waals surface area contributed by atoms with Gasteiger partial charge in [0.05, 0.1) is 13.0 Å². The summed E-state index contributed by atoms with van der Waals surface area (Å²) < 4.78 is 13.1. The highest BCUT2D eigenvalue weighted by Gasteiger charge is 2.30. The van der Waals surface area contributed by atoms with Gasteiger partial charge in [-0.1, -0.05) is 30.3 Å². The predicted molar refractivity (Wildman–Crippen MR) is 90.2 cm³/mol. The molecule has 1 aliphatic rings. The van der Waals surface area contributed by atoms with Gasteiger partial charge in [-0.05, 0) is 42.7 Å². The van der Waals surface area contributed by atoms with E-state index >= 15 is 0 Å². The maximum absolute atomic E-state index is 13.1. The summed E-state index contributed by atoms with van der Waals surface area (Å²) in [6.45, 7) is 1.93. The molecule has 2 amide bonds. The van der Waals surface area contributed by atoms with Crippen molar-refractivity contribution in [1.29, 1.82) is 0 Å². The number of hydrogen-bond donors (Lipinski definition) is 1. The van der Waals surface area contributed by atoms with Crippen molar-refractivity contribution in [2.75, 3.05) is 11.4 Å². The molecular formula is C19H19FN2O2. The van der Waals surface area contributed by atoms with Crippen molar-refractivity contribution in [2.45, 2.75) is 25.8 Å². The van der Waals surface area contributed by atoms with Gasteiger partial charge >= 0.3 is 0 Å². The van der Waals surface area contributed by atoms with Crippen molar-refractivity contribution in [3.05, 3.63) is 65.5 Å². The Kier molecular flexibility index (Phi) is 4.60. The van der Waals surface area contributed by atoms with Crippen LogP contribution in [0.5, 0.6) is 0 Å². The van der Waals surface area contributed by atoms with Crippen molar-refractivity contribution in [2.24, 2.45) is 0 Å². The molecule has 0 saturated carbocycles. The van der Waals surface area contributed by atoms with Gasteiger partial charge in [-0.25, -0.2) is 4.39 Å². The Morgan fingerprint density at radius 1 is 1.21 bits per heavy atom. The van der Waals surface area contributed by atoms with E-state index in [1.54, 1.807) is 17.0 Å². The smallest absolute Gasteiger partial charge is 0.246 e. The van der Waals surface area contributed by atoms with Crippen molar-refractivity contribution in [3.8, 4) is 0 Å². The minimum atomic E-state index is -0.376. The van der Waals surface area contributed by atoms with Gasteiger partial charge in [0, 0.05) is 11.7 Å². The third kappa shape index (κ3) is 3.45. The monoisotopic (exact) mass is 326 g/mol. The lowest BCUT2D eigenvalue weighted by Crippen LogP contribution is -2.43. The summed E-state index contributed by atoms with van der Waals surface area (Å²) >= 11 is 0. The zero-order valence-corrected chi connectivity index (χ0v) is 13.5. The van der Waals surface area contributed by atoms with Gasteiger partial charge < -0.3 is 10.2 Å². The normalized spacial score (nSPS) is 15.9. The highest BCUT2D eigenvalue weighted by Crippen LogP contribution is 2.31. The average Bonchev–Trinajstić information content (AvgIpc) is 2.88. The summed E-state index contributed by atoms with van der Waals surface area (Å²) in [5, 5.41) is 2.63. The Labute approximate surface area is 140 Å². The quantitative estimate of drug-likeness (QED) is 0.938. The van der Waals surface area contributed by atoms with Crippen LogP contribution in [0.3, 0.4) is 0 Å². The molecule has 0 bridgehead atoms. The molecule has 3 rings (SSSR count). The van der Waals surface area contributed by atoms with E-state index in [9.17, 15) is 14.0 Å². The molecule has 5 heteroatoms. The molecule has 2 aromatic carbocycles. The van der Waals surface area contributed by atoms with E-state index < -0.39 is 0 Å². The number of carbonyl (C=O) groups excluding carboxylic acids is 2. The molecule has 4 nitrogen and oxygen atoms in total. The second-order valence-electron chi connectivity index (χ2n) is 6.03. The van der Waals surface area contributed by atoms with Crippen molar-refractivity contribution < 1.29 is 14.0 Å². The molecule has 1 unspecified atom stereocenters. The lowest BCUT2D eigenvalue weighted by Gasteiger charge is -2.22. The fourth-order valence-corrected chi connectivity index (χ4v) is 3.10. The molecule has 124 valence electrons. The fourth-order valence-electron chi connectivity index (χ4n) is 3.10. The Balaban J connectivity index is 1.59. The minimum absolute atomic E-state index is 0.0528. The number of para-hydroxylation sites is 1. The molecule has 1 heterocycles. The highest BCUT2D eigenvalue weighted by atomic mass is 19.1. The average molecular weight is 326 g/mol. The SMILES string of the molecule is CC1Cc2ccccc2N1C(=O)CNC(=O)Cc1cccc(F)c1. The number of halogens is 1. The van der Waals surface area contributed by atoms with Crippen LogP contribution in [0.4, 0.5) is 10.1 Å². The van der Waals surface area contributed by atoms with Crippen LogP contribution in [0.15, 0.2) is 48.5 Å². The molecule has 0 spiro atoms. The van der Waals surface area contributed by atoms with Crippen LogP contribution in [0.2, 0.25) is 0 Å². The van der Waals surface area contributed by atoms with Gasteiger partial charge in [-0.15, -0.1) is 0 Å². The first-order valence-electron chi connectivity index (χ1n) is 7.95. The Bertz CT molecular complexity index is 775. The van der Waals surface area contributed by atoms with E-state index in [1.807, 2.05) is 31.2 Å². The first kappa shape index (κ1) is 16.2. The second-order valence-corrected chi connectivity index (χ2v) is 6.03. The Morgan fingerprint density at radius 3 is 2.79 bits per heavy atom. The van der Waals surface area contributed by atoms with Gasteiger partial charge in [0.1, 0.15) is 5.82 Å². The molecule has 0 fully saturated rings. The van der Waals surface area contributed by atoms with E-state index in [4.69, 9.17) is 0 Å². The molecule has 1 aliphatic heterocycles. The van der Waals surface area contributed by atoms with E-state index in [0.717, 1.165) is 17.7 Å². The lowest BCUT2D eigenvalue weighted by molar-refractivity contribution is -0.124. The molecule has 24 heavy (non-hydrogen) atoms. The number of nitrogens with zero attached hydrogens (tertiary/aromatic N) is 1. The van der Waals surface area contributed by atoms with Gasteiger partial charge in [0.15, 0.2) is 0 Å². The fraction of sp³-hybridized carbons (Fsp3) is 0.263. The molecule has 2 aromatic rings. The topological polar surface area (TPSA) is 49.4 Å². The van der Waals surface area contributed by atoms with Crippen LogP contribution < -0.4 is 10.2 Å². The van der Waals surface area contributed by atoms with Gasteiger partial charge in [-0.2, -0.15) is 0 Å². The van der Waals surface area contributed by atoms with Crippen molar-refractivity contribution in [3.63, 3.8) is 0 Å². The third-order valence-corrected chi connectivity index (χ3v) is 4.17. The van der Waals surface area contributed by atoms with Crippen LogP contribution in [-0.2, 0) is 22.4 Å². The number of rotatable bonds is 4. The molecule has 1 N–H and O–H groups in total. The predicted octanol–water partition coefficient (Wildman–Crippen LogP) is 2.46. The molecule has 0 radical (unpaired) electrons. The van der Waals surface area contributed by atoms with E-state index in [1.165, 1.54) is 12.1 Å². The first-order valence-corrected chi connectivity index (χ1v) is 7.95. The van der Waals surface area contributed by atoms with Gasteiger partial charge in [0.2, 0.25) is 11.8 Å². The standard InChI is InChI=1S/C19H19FN2O2/c1-13-9-15-6-2-3-8-17(15)22(13)19(24)12-21-18(23)11-14-5-4-7-16(20)10-14/h2-8,10,13H,9,11-12H2,1H3,(H,21,23). The molecule has 0 aromatic heterocycles. The lowest BCUT2D eigenvalue weighted by atomic mass is 10.1. The van der Waals surface area contributed by atoms with Crippen LogP contribution in [0, 0.1) is 5.82 Å². The first-order chi connectivity index (χ1) is 11.5. The van der Waals surface area contributed by atoms with Crippen molar-refractivity contribution in [1.82, 2.24) is 5.32 Å². The summed E-state index contributed by atoms with van der Waals surface area (Å²) in [5.74, 6) is -0.812. The third-order valence-electron chi connectivity index (χ3n) is 4.17. The number of hydrogen-bond acceptors (Lipinski definition) is 2. The zero-order valence-electron chi connectivity index (χ0n) is 13.5. The molecule has 0 saturated heterocycles. The number of fused-ring (bicyclic) bond motifs is 1. The summed E-state index contributed by atoms with van der Waals surface area (Å²) in [6.07, 6.45) is 0.871. The van der Waals surface area contributed by atoms with Crippen LogP contribution in [-0.4, -0.2) is 24.4 Å². The Hall–Kier alpha value is -2.69. The molecule has 0 aliphatic carbocycles. The van der Waals surface area contributed by atoms with Gasteiger partial charge in [-0.3, -0.25) is 9.59 Å². The van der Waals surface area contributed by atoms with E-state index in [0.29, 0.717) is 5.56 Å². The second kappa shape index (κ2) is 6.83. The summed E-state index contributed by atoms with van der Waals surface area (Å²) in [6, 6.07) is 13.8. The summed E-state index contributed by atoms with van der Waals surface area (Å²) in [4.78, 5) is 26.2. The Morgan fingerprint density at radius 2 is 2.00 bits per heavy atom. The number of nitrogens with one attached hydrogen (secondary N) is 1. The number of anilines is 1. The number of amides is 2. The largest absolute Gasteiger partial charge is 0.347 e. The highest BCUT2D eigenvalue weighted by molar-refractivity contribution is 5.99. The zero-order chi connectivity index (χ0) is 17.1. The minimum Gasteiger partial charge on any atom is -0.347 e. The van der Waals surface area contributed by atoms with Crippen molar-refractivity contribution >= 4 is 17.5 Å². The maximum atomic E-state index is 13.1. The van der Waals surface area contributed by atoms with Crippen LogP contribution in [0.25, 0.3) is 0 Å². The van der Waals surface area contributed by atoms with E-state index in [-0.39, 0.29) is 36.6 Å². The van der Waals surface area contributed by atoms with Crippen LogP contribution >= 0.6 is 0 Å². The maximum Gasteiger partial charge on any atom is 0.246 e. The summed E-state index contributed by atoms with van der Waals surface area (Å²) in [7, 11) is 0. The van der Waals surface area contributed by atoms with Gasteiger partial charge in [0.25, 0.3) is 0 Å². The van der Waals surface area contributed by atoms with Crippen LogP contribution in [0.1, 0.15) is 18.1 Å². The summed E-state index contributed by atoms with van der Waals surface area (Å²) in [5.41, 5.74) is 2.64.